The third kappa shape index (κ3) is 3.45. The number of hydrogen-bond donors (Lipinski definition) is 2. The van der Waals surface area contributed by atoms with Crippen LogP contribution in [0.5, 0.6) is 0 Å². The van der Waals surface area contributed by atoms with E-state index in [1.807, 2.05) is 0 Å². The van der Waals surface area contributed by atoms with Gasteiger partial charge >= 0.3 is 5.97 Å². The van der Waals surface area contributed by atoms with Crippen molar-refractivity contribution in [1.82, 2.24) is 9.88 Å². The van der Waals surface area contributed by atoms with Gasteiger partial charge in [-0.25, -0.2) is 4.79 Å². The van der Waals surface area contributed by atoms with Crippen LogP contribution in [-0.2, 0) is 11.8 Å². The fourth-order valence-corrected chi connectivity index (χ4v) is 1.89. The number of aryl methyl sites for hydroxylation is 1. The van der Waals surface area contributed by atoms with Gasteiger partial charge in [0.15, 0.2) is 0 Å². The first kappa shape index (κ1) is 13.5. The molecule has 0 fully saturated rings. The minimum Gasteiger partial charge on any atom is -0.480 e. The van der Waals surface area contributed by atoms with Crippen LogP contribution in [0.3, 0.4) is 0 Å². The molecule has 2 N–H and O–H groups in total. The summed E-state index contributed by atoms with van der Waals surface area (Å²) in [6.07, 6.45) is 3.37. The zero-order chi connectivity index (χ0) is 13.0. The summed E-state index contributed by atoms with van der Waals surface area (Å²) < 4.78 is 2.38. The van der Waals surface area contributed by atoms with Crippen molar-refractivity contribution in [3.05, 3.63) is 35.1 Å². The zero-order valence-electron chi connectivity index (χ0n) is 9.31. The Bertz CT molecular complexity index is 454. The first-order valence-corrected chi connectivity index (χ1v) is 5.71. The third-order valence-electron chi connectivity index (χ3n) is 2.21. The highest BCUT2D eigenvalue weighted by molar-refractivity contribution is 9.10. The van der Waals surface area contributed by atoms with Gasteiger partial charge in [0.25, 0.3) is 5.91 Å². The maximum absolute atomic E-state index is 11.8. The molecule has 0 saturated carbocycles. The number of carbonyl (C=O) groups excluding carboxylic acids is 1. The molecule has 0 aliphatic carbocycles. The van der Waals surface area contributed by atoms with Gasteiger partial charge in [-0.2, -0.15) is 0 Å². The summed E-state index contributed by atoms with van der Waals surface area (Å²) >= 11 is 3.24. The highest BCUT2D eigenvalue weighted by Crippen LogP contribution is 2.13. The van der Waals surface area contributed by atoms with Crippen molar-refractivity contribution in [3.8, 4) is 0 Å². The topological polar surface area (TPSA) is 71.3 Å². The van der Waals surface area contributed by atoms with E-state index in [2.05, 4.69) is 27.8 Å². The second-order valence-corrected chi connectivity index (χ2v) is 4.46. The van der Waals surface area contributed by atoms with Gasteiger partial charge in [-0.1, -0.05) is 6.08 Å². The molecule has 1 unspecified atom stereocenters. The predicted octanol–water partition coefficient (Wildman–Crippen LogP) is 1.55. The maximum Gasteiger partial charge on any atom is 0.326 e. The lowest BCUT2D eigenvalue weighted by molar-refractivity contribution is -0.139. The lowest BCUT2D eigenvalue weighted by Crippen LogP contribution is -2.41. The normalized spacial score (nSPS) is 11.9. The average Bonchev–Trinajstić information content (AvgIpc) is 2.57. The Morgan fingerprint density at radius 1 is 1.71 bits per heavy atom. The number of nitrogens with one attached hydrogen (secondary N) is 1. The molecular formula is C11H13BrN2O3. The van der Waals surface area contributed by atoms with Gasteiger partial charge < -0.3 is 15.0 Å². The number of aromatic nitrogens is 1. The van der Waals surface area contributed by atoms with E-state index in [0.717, 1.165) is 4.47 Å². The van der Waals surface area contributed by atoms with Crippen LogP contribution in [-0.4, -0.2) is 27.6 Å². The molecule has 0 aliphatic heterocycles. The van der Waals surface area contributed by atoms with E-state index < -0.39 is 17.9 Å². The fourth-order valence-electron chi connectivity index (χ4n) is 1.37. The lowest BCUT2D eigenvalue weighted by Gasteiger charge is -2.12. The van der Waals surface area contributed by atoms with Crippen LogP contribution >= 0.6 is 15.9 Å². The minimum atomic E-state index is -1.08. The molecule has 1 rings (SSSR count). The number of rotatable bonds is 5. The number of carboxylic acid groups (broad SMARTS) is 1. The van der Waals surface area contributed by atoms with Crippen molar-refractivity contribution in [3.63, 3.8) is 0 Å². The molecule has 17 heavy (non-hydrogen) atoms. The highest BCUT2D eigenvalue weighted by Gasteiger charge is 2.20. The second kappa shape index (κ2) is 5.67. The van der Waals surface area contributed by atoms with Gasteiger partial charge in [0.05, 0.1) is 0 Å². The quantitative estimate of drug-likeness (QED) is 0.811. The number of amides is 1. The van der Waals surface area contributed by atoms with Crippen LogP contribution in [0.15, 0.2) is 29.4 Å². The summed E-state index contributed by atoms with van der Waals surface area (Å²) in [5.41, 5.74) is 0.396. The Morgan fingerprint density at radius 2 is 2.35 bits per heavy atom. The van der Waals surface area contributed by atoms with Crippen LogP contribution < -0.4 is 5.32 Å². The van der Waals surface area contributed by atoms with Crippen molar-refractivity contribution in [2.45, 2.75) is 12.5 Å². The van der Waals surface area contributed by atoms with Gasteiger partial charge in [-0.15, -0.1) is 6.58 Å². The molecule has 0 saturated heterocycles. The molecule has 0 aliphatic rings. The van der Waals surface area contributed by atoms with Crippen LogP contribution in [0.25, 0.3) is 0 Å². The van der Waals surface area contributed by atoms with E-state index in [0.29, 0.717) is 5.69 Å². The fraction of sp³-hybridized carbons (Fsp3) is 0.273. The summed E-state index contributed by atoms with van der Waals surface area (Å²) in [7, 11) is 1.71. The molecule has 0 radical (unpaired) electrons. The smallest absolute Gasteiger partial charge is 0.326 e. The summed E-state index contributed by atoms with van der Waals surface area (Å²) in [4.78, 5) is 22.7. The van der Waals surface area contributed by atoms with Crippen molar-refractivity contribution in [2.24, 2.45) is 7.05 Å². The number of carbonyl (C=O) groups is 2. The molecule has 6 heteroatoms. The van der Waals surface area contributed by atoms with Crippen molar-refractivity contribution in [2.75, 3.05) is 0 Å². The van der Waals surface area contributed by atoms with Crippen LogP contribution in [0.1, 0.15) is 16.9 Å². The van der Waals surface area contributed by atoms with Gasteiger partial charge in [-0.3, -0.25) is 4.79 Å². The highest BCUT2D eigenvalue weighted by atomic mass is 79.9. The van der Waals surface area contributed by atoms with Crippen LogP contribution in [0, 0.1) is 0 Å². The standard InChI is InChI=1S/C11H13BrN2O3/c1-3-4-8(11(16)17)13-10(15)9-5-7(12)6-14(9)2/h3,5-6,8H,1,4H2,2H3,(H,13,15)(H,16,17). The number of halogens is 1. The second-order valence-electron chi connectivity index (χ2n) is 3.54. The van der Waals surface area contributed by atoms with E-state index >= 15 is 0 Å². The van der Waals surface area contributed by atoms with Crippen LogP contribution in [0.4, 0.5) is 0 Å². The molecule has 0 bridgehead atoms. The third-order valence-corrected chi connectivity index (χ3v) is 2.64. The van der Waals surface area contributed by atoms with Gasteiger partial charge in [0.2, 0.25) is 0 Å². The van der Waals surface area contributed by atoms with E-state index in [4.69, 9.17) is 5.11 Å². The maximum atomic E-state index is 11.8. The number of hydrogen-bond acceptors (Lipinski definition) is 2. The Kier molecular flexibility index (Phi) is 4.51. The first-order chi connectivity index (χ1) is 7.95. The summed E-state index contributed by atoms with van der Waals surface area (Å²) in [5, 5.41) is 11.3. The Balaban J connectivity index is 2.80. The van der Waals surface area contributed by atoms with E-state index in [9.17, 15) is 9.59 Å². The lowest BCUT2D eigenvalue weighted by atomic mass is 10.2. The monoisotopic (exact) mass is 300 g/mol. The Hall–Kier alpha value is -1.56. The zero-order valence-corrected chi connectivity index (χ0v) is 10.9. The largest absolute Gasteiger partial charge is 0.480 e. The molecule has 0 spiro atoms. The summed E-state index contributed by atoms with van der Waals surface area (Å²) in [6, 6.07) is 0.677. The molecule has 1 amide bonds. The molecule has 5 nitrogen and oxygen atoms in total. The molecule has 92 valence electrons. The van der Waals surface area contributed by atoms with Gasteiger partial charge in [-0.05, 0) is 28.4 Å². The Labute approximate surface area is 107 Å². The van der Waals surface area contributed by atoms with Crippen molar-refractivity contribution in [1.29, 1.82) is 0 Å². The molecule has 1 aromatic heterocycles. The molecule has 1 atom stereocenters. The summed E-state index contributed by atoms with van der Waals surface area (Å²) in [5.74, 6) is -1.50. The molecule has 0 aromatic carbocycles. The average molecular weight is 301 g/mol. The minimum absolute atomic E-state index is 0.187. The van der Waals surface area contributed by atoms with E-state index in [1.54, 1.807) is 23.9 Å². The number of carboxylic acids is 1. The number of aliphatic carboxylic acids is 1. The van der Waals surface area contributed by atoms with Crippen LogP contribution in [0.2, 0.25) is 0 Å². The Morgan fingerprint density at radius 3 is 2.76 bits per heavy atom. The number of nitrogens with zero attached hydrogens (tertiary/aromatic N) is 1. The SMILES string of the molecule is C=CCC(NC(=O)c1cc(Br)cn1C)C(=O)O. The predicted molar refractivity (Wildman–Crippen MR) is 66.8 cm³/mol. The van der Waals surface area contributed by atoms with Gasteiger partial charge in [0.1, 0.15) is 11.7 Å². The molecule has 1 heterocycles. The van der Waals surface area contributed by atoms with E-state index in [-0.39, 0.29) is 6.42 Å². The van der Waals surface area contributed by atoms with Crippen molar-refractivity contribution >= 4 is 27.8 Å². The molecule has 1 aromatic rings. The van der Waals surface area contributed by atoms with E-state index in [1.165, 1.54) is 6.08 Å². The van der Waals surface area contributed by atoms with Gasteiger partial charge in [0, 0.05) is 17.7 Å². The first-order valence-electron chi connectivity index (χ1n) is 4.92. The molecular weight excluding hydrogens is 288 g/mol. The van der Waals surface area contributed by atoms with Crippen molar-refractivity contribution < 1.29 is 14.7 Å². The summed E-state index contributed by atoms with van der Waals surface area (Å²) in [6.45, 7) is 3.46.